The van der Waals surface area contributed by atoms with Crippen molar-refractivity contribution < 1.29 is 61.3 Å². The number of carbonyl (C=O) groups is 1. The topological polar surface area (TPSA) is 43.4 Å². The molecular weight excluding hydrogens is 373 g/mol. The molecule has 2 atom stereocenters. The number of carboxylic acid groups (broad SMARTS) is 1. The molecule has 0 aliphatic heterocycles. The minimum Gasteiger partial charge on any atom is -0.549 e. The molecule has 0 N–H and O–H groups in total. The van der Waals surface area contributed by atoms with Gasteiger partial charge in [0.25, 0.3) is 0 Å². The number of aliphatic carboxylic acids is 1. The molecule has 3 nitrogen and oxygen atoms in total. The second-order valence-electron chi connectivity index (χ2n) is 8.16. The summed E-state index contributed by atoms with van der Waals surface area (Å²) in [7, 11) is 0. The van der Waals surface area contributed by atoms with Gasteiger partial charge in [-0.1, -0.05) is 64.8 Å². The molecule has 28 heavy (non-hydrogen) atoms. The fraction of sp³-hybridized carbons (Fsp3) is 0.792. The van der Waals surface area contributed by atoms with E-state index in [1.165, 1.54) is 38.5 Å². The Morgan fingerprint density at radius 3 is 1.57 bits per heavy atom. The van der Waals surface area contributed by atoms with E-state index in [2.05, 4.69) is 56.9 Å². The van der Waals surface area contributed by atoms with Crippen LogP contribution in [0, 0.1) is 11.8 Å². The standard InChI is InChI=1S/C24H45NO2.K/c1-5-7-9-11-13-15-17-22(3)19-25(21-24(26)27)20-23(4)18-16-14-12-10-8-6-2;/h9-12,22-23H,5-8,13-21H2,1-4H3,(H,26,27);/q;+1/p-1/b11-9+,12-10+;. The molecule has 0 spiro atoms. The van der Waals surface area contributed by atoms with Crippen LogP contribution < -0.4 is 56.5 Å². The van der Waals surface area contributed by atoms with Crippen molar-refractivity contribution in [1.29, 1.82) is 0 Å². The van der Waals surface area contributed by atoms with Crippen molar-refractivity contribution in [1.82, 2.24) is 4.90 Å². The van der Waals surface area contributed by atoms with Gasteiger partial charge in [-0.25, -0.2) is 0 Å². The zero-order valence-corrected chi connectivity index (χ0v) is 22.5. The molecule has 0 saturated heterocycles. The van der Waals surface area contributed by atoms with Crippen LogP contribution in [-0.4, -0.2) is 30.5 Å². The van der Waals surface area contributed by atoms with Gasteiger partial charge in [-0.15, -0.1) is 0 Å². The smallest absolute Gasteiger partial charge is 0.549 e. The van der Waals surface area contributed by atoms with Crippen LogP contribution in [0.1, 0.15) is 91.9 Å². The summed E-state index contributed by atoms with van der Waals surface area (Å²) in [5.74, 6) is 0.0839. The first-order valence-corrected chi connectivity index (χ1v) is 11.2. The third kappa shape index (κ3) is 21.3. The van der Waals surface area contributed by atoms with Gasteiger partial charge in [-0.2, -0.15) is 0 Å². The molecule has 0 radical (unpaired) electrons. The molecule has 4 heteroatoms. The van der Waals surface area contributed by atoms with E-state index in [4.69, 9.17) is 0 Å². The summed E-state index contributed by atoms with van der Waals surface area (Å²) in [4.78, 5) is 13.2. The molecule has 0 aromatic rings. The normalized spacial score (nSPS) is 13.9. The minimum atomic E-state index is -0.959. The van der Waals surface area contributed by atoms with Crippen LogP contribution >= 0.6 is 0 Å². The molecule has 0 saturated carbocycles. The average molecular weight is 418 g/mol. The fourth-order valence-corrected chi connectivity index (χ4v) is 3.42. The molecule has 0 aliphatic carbocycles. The summed E-state index contributed by atoms with van der Waals surface area (Å²) >= 11 is 0. The maximum Gasteiger partial charge on any atom is 1.00 e. The van der Waals surface area contributed by atoms with E-state index in [-0.39, 0.29) is 57.9 Å². The Morgan fingerprint density at radius 1 is 0.821 bits per heavy atom. The van der Waals surface area contributed by atoms with E-state index in [1.807, 2.05) is 0 Å². The molecule has 0 fully saturated rings. The first-order chi connectivity index (χ1) is 13.0. The number of hydrogen-bond acceptors (Lipinski definition) is 3. The van der Waals surface area contributed by atoms with Crippen molar-refractivity contribution in [3.05, 3.63) is 24.3 Å². The molecule has 158 valence electrons. The van der Waals surface area contributed by atoms with Crippen LogP contribution in [-0.2, 0) is 4.79 Å². The van der Waals surface area contributed by atoms with Crippen molar-refractivity contribution in [2.45, 2.75) is 91.9 Å². The summed E-state index contributed by atoms with van der Waals surface area (Å²) in [6.07, 6.45) is 20.8. The average Bonchev–Trinajstić information content (AvgIpc) is 2.60. The van der Waals surface area contributed by atoms with Gasteiger partial charge < -0.3 is 9.90 Å². The van der Waals surface area contributed by atoms with Gasteiger partial charge in [-0.05, 0) is 63.2 Å². The first-order valence-electron chi connectivity index (χ1n) is 11.2. The summed E-state index contributed by atoms with van der Waals surface area (Å²) in [6.45, 7) is 10.6. The van der Waals surface area contributed by atoms with Gasteiger partial charge in [0, 0.05) is 19.6 Å². The number of carboxylic acids is 1. The Kier molecular flexibility index (Phi) is 24.4. The van der Waals surface area contributed by atoms with Crippen LogP contribution in [0.25, 0.3) is 0 Å². The zero-order chi connectivity index (χ0) is 20.3. The van der Waals surface area contributed by atoms with E-state index in [1.54, 1.807) is 0 Å². The molecular formula is C24H44KNO2. The monoisotopic (exact) mass is 417 g/mol. The Labute approximate surface area is 217 Å². The Hall–Kier alpha value is 0.546. The molecule has 2 unspecified atom stereocenters. The third-order valence-electron chi connectivity index (χ3n) is 4.87. The number of hydrogen-bond donors (Lipinski definition) is 0. The van der Waals surface area contributed by atoms with Crippen LogP contribution in [0.5, 0.6) is 0 Å². The van der Waals surface area contributed by atoms with Crippen LogP contribution in [0.4, 0.5) is 0 Å². The van der Waals surface area contributed by atoms with Crippen molar-refractivity contribution in [2.24, 2.45) is 11.8 Å². The van der Waals surface area contributed by atoms with Gasteiger partial charge >= 0.3 is 51.4 Å². The maximum absolute atomic E-state index is 11.1. The number of allylic oxidation sites excluding steroid dienone is 4. The quantitative estimate of drug-likeness (QED) is 0.195. The van der Waals surface area contributed by atoms with Gasteiger partial charge in [0.05, 0.1) is 5.97 Å². The molecule has 0 aromatic carbocycles. The number of rotatable bonds is 18. The first kappa shape index (κ1) is 30.7. The molecule has 0 heterocycles. The van der Waals surface area contributed by atoms with Gasteiger partial charge in [0.2, 0.25) is 0 Å². The SMILES string of the molecule is CCC/C=C/CCCC(C)CN(CC(=O)[O-])CC(C)CCC/C=C/CCC.[K+]. The number of nitrogens with zero attached hydrogens (tertiary/aromatic N) is 1. The van der Waals surface area contributed by atoms with E-state index in [9.17, 15) is 9.90 Å². The van der Waals surface area contributed by atoms with E-state index >= 15 is 0 Å². The Morgan fingerprint density at radius 2 is 1.21 bits per heavy atom. The predicted octanol–water partition coefficient (Wildman–Crippen LogP) is 2.37. The number of carbonyl (C=O) groups excluding carboxylic acids is 1. The molecule has 0 aliphatic rings. The van der Waals surface area contributed by atoms with Gasteiger partial charge in [0.1, 0.15) is 0 Å². The Balaban J connectivity index is 0. The molecule has 0 aromatic heterocycles. The van der Waals surface area contributed by atoms with Crippen LogP contribution in [0.3, 0.4) is 0 Å². The largest absolute Gasteiger partial charge is 1.00 e. The zero-order valence-electron chi connectivity index (χ0n) is 19.4. The predicted molar refractivity (Wildman–Crippen MR) is 116 cm³/mol. The molecule has 0 rings (SSSR count). The van der Waals surface area contributed by atoms with E-state index in [0.29, 0.717) is 11.8 Å². The van der Waals surface area contributed by atoms with Crippen LogP contribution in [0.2, 0.25) is 0 Å². The van der Waals surface area contributed by atoms with E-state index < -0.39 is 5.97 Å². The van der Waals surface area contributed by atoms with Crippen molar-refractivity contribution in [3.8, 4) is 0 Å². The molecule has 0 amide bonds. The van der Waals surface area contributed by atoms with Gasteiger partial charge in [0.15, 0.2) is 0 Å². The summed E-state index contributed by atoms with van der Waals surface area (Å²) in [5.41, 5.74) is 0. The van der Waals surface area contributed by atoms with Crippen molar-refractivity contribution >= 4 is 5.97 Å². The summed E-state index contributed by atoms with van der Waals surface area (Å²) < 4.78 is 0. The maximum atomic E-state index is 11.1. The van der Waals surface area contributed by atoms with Crippen molar-refractivity contribution in [3.63, 3.8) is 0 Å². The van der Waals surface area contributed by atoms with Crippen LogP contribution in [0.15, 0.2) is 24.3 Å². The summed E-state index contributed by atoms with van der Waals surface area (Å²) in [6, 6.07) is 0. The number of unbranched alkanes of at least 4 members (excludes halogenated alkanes) is 4. The second-order valence-corrected chi connectivity index (χ2v) is 8.16. The second kappa shape index (κ2) is 22.2. The molecule has 0 bridgehead atoms. The summed E-state index contributed by atoms with van der Waals surface area (Å²) in [5, 5.41) is 11.1. The third-order valence-corrected chi connectivity index (χ3v) is 4.87. The minimum absolute atomic E-state index is 0. The fourth-order valence-electron chi connectivity index (χ4n) is 3.42. The van der Waals surface area contributed by atoms with E-state index in [0.717, 1.165) is 38.8 Å². The Bertz CT molecular complexity index is 379. The van der Waals surface area contributed by atoms with Gasteiger partial charge in [-0.3, -0.25) is 4.90 Å². The van der Waals surface area contributed by atoms with Crippen molar-refractivity contribution in [2.75, 3.05) is 19.6 Å².